The predicted molar refractivity (Wildman–Crippen MR) is 95.2 cm³/mol. The van der Waals surface area contributed by atoms with Gasteiger partial charge in [-0.25, -0.2) is 4.79 Å². The smallest absolute Gasteiger partial charge is 0.317 e. The highest BCUT2D eigenvalue weighted by Gasteiger charge is 2.26. The van der Waals surface area contributed by atoms with Gasteiger partial charge in [0.1, 0.15) is 0 Å². The topological polar surface area (TPSA) is 35.6 Å². The summed E-state index contributed by atoms with van der Waals surface area (Å²) in [4.78, 5) is 16.7. The van der Waals surface area contributed by atoms with Gasteiger partial charge in [0.05, 0.1) is 0 Å². The molecule has 2 amide bonds. The average Bonchev–Trinajstić information content (AvgIpc) is 3.02. The fraction of sp³-hybridized carbons (Fsp3) is 0.611. The van der Waals surface area contributed by atoms with Crippen LogP contribution in [-0.2, 0) is 0 Å². The van der Waals surface area contributed by atoms with Crippen LogP contribution in [0.3, 0.4) is 0 Å². The lowest BCUT2D eigenvalue weighted by Gasteiger charge is -2.32. The van der Waals surface area contributed by atoms with E-state index in [1.807, 2.05) is 17.0 Å². The van der Waals surface area contributed by atoms with Crippen LogP contribution in [0.15, 0.2) is 24.3 Å². The van der Waals surface area contributed by atoms with Crippen LogP contribution in [0.1, 0.15) is 32.6 Å². The van der Waals surface area contributed by atoms with Gasteiger partial charge >= 0.3 is 6.03 Å². The minimum Gasteiger partial charge on any atom is -0.367 e. The zero-order valence-corrected chi connectivity index (χ0v) is 14.6. The van der Waals surface area contributed by atoms with Gasteiger partial charge in [0.2, 0.25) is 0 Å². The van der Waals surface area contributed by atoms with E-state index in [0.29, 0.717) is 12.6 Å². The zero-order valence-electron chi connectivity index (χ0n) is 13.8. The molecular formula is C18H26ClN3O. The van der Waals surface area contributed by atoms with E-state index in [1.165, 1.54) is 12.1 Å². The molecule has 0 saturated carbocycles. The summed E-state index contributed by atoms with van der Waals surface area (Å²) in [5.74, 6) is 0.745. The molecule has 1 aromatic carbocycles. The second-order valence-corrected chi connectivity index (χ2v) is 7.26. The molecule has 2 fully saturated rings. The fourth-order valence-corrected chi connectivity index (χ4v) is 3.67. The van der Waals surface area contributed by atoms with Crippen molar-refractivity contribution < 1.29 is 4.79 Å². The maximum Gasteiger partial charge on any atom is 0.317 e. The Hall–Kier alpha value is -1.42. The average molecular weight is 336 g/mol. The molecule has 1 atom stereocenters. The number of nitrogens with zero attached hydrogens (tertiary/aromatic N) is 2. The quantitative estimate of drug-likeness (QED) is 0.913. The summed E-state index contributed by atoms with van der Waals surface area (Å²) >= 11 is 5.97. The van der Waals surface area contributed by atoms with Crippen molar-refractivity contribution >= 4 is 23.3 Å². The summed E-state index contributed by atoms with van der Waals surface area (Å²) in [5.41, 5.74) is 1.19. The van der Waals surface area contributed by atoms with Gasteiger partial charge in [-0.1, -0.05) is 18.5 Å². The molecule has 0 radical (unpaired) electrons. The van der Waals surface area contributed by atoms with Crippen LogP contribution in [0, 0.1) is 5.92 Å². The lowest BCUT2D eigenvalue weighted by atomic mass is 10.00. The van der Waals surface area contributed by atoms with Crippen molar-refractivity contribution in [3.8, 4) is 0 Å². The summed E-state index contributed by atoms with van der Waals surface area (Å²) in [6, 6.07) is 8.46. The number of hydrogen-bond acceptors (Lipinski definition) is 2. The van der Waals surface area contributed by atoms with Gasteiger partial charge in [-0.2, -0.15) is 0 Å². The Morgan fingerprint density at radius 1 is 1.17 bits per heavy atom. The summed E-state index contributed by atoms with van der Waals surface area (Å²) in [6.07, 6.45) is 4.53. The van der Waals surface area contributed by atoms with E-state index in [0.717, 1.165) is 49.8 Å². The lowest BCUT2D eigenvalue weighted by molar-refractivity contribution is 0.173. The Morgan fingerprint density at radius 2 is 1.87 bits per heavy atom. The normalized spacial score (nSPS) is 22.4. The number of piperidine rings is 1. The number of rotatable bonds is 3. The number of anilines is 1. The molecule has 2 aliphatic rings. The van der Waals surface area contributed by atoms with E-state index in [-0.39, 0.29) is 6.03 Å². The molecule has 4 nitrogen and oxygen atoms in total. The third kappa shape index (κ3) is 4.11. The Labute approximate surface area is 143 Å². The molecule has 3 rings (SSSR count). The van der Waals surface area contributed by atoms with Crippen LogP contribution in [0.4, 0.5) is 10.5 Å². The molecule has 2 heterocycles. The highest BCUT2D eigenvalue weighted by Crippen LogP contribution is 2.26. The Kier molecular flexibility index (Phi) is 5.31. The van der Waals surface area contributed by atoms with Gasteiger partial charge in [0, 0.05) is 42.9 Å². The number of carbonyl (C=O) groups excluding carboxylic acids is 1. The third-order valence-electron chi connectivity index (χ3n) is 5.10. The van der Waals surface area contributed by atoms with Gasteiger partial charge < -0.3 is 15.1 Å². The number of urea groups is 1. The van der Waals surface area contributed by atoms with Crippen molar-refractivity contribution in [3.05, 3.63) is 29.3 Å². The van der Waals surface area contributed by atoms with Crippen molar-refractivity contribution in [2.24, 2.45) is 5.92 Å². The molecule has 126 valence electrons. The molecule has 1 aromatic rings. The van der Waals surface area contributed by atoms with E-state index >= 15 is 0 Å². The van der Waals surface area contributed by atoms with Crippen molar-refractivity contribution in [1.82, 2.24) is 10.2 Å². The van der Waals surface area contributed by atoms with Gasteiger partial charge in [0.25, 0.3) is 0 Å². The number of likely N-dealkylation sites (tertiary alicyclic amines) is 1. The molecule has 0 spiro atoms. The summed E-state index contributed by atoms with van der Waals surface area (Å²) in [5, 5.41) is 3.90. The molecule has 5 heteroatoms. The largest absolute Gasteiger partial charge is 0.367 e. The number of nitrogens with one attached hydrogen (secondary N) is 1. The van der Waals surface area contributed by atoms with Crippen LogP contribution in [0.2, 0.25) is 5.02 Å². The fourth-order valence-electron chi connectivity index (χ4n) is 3.55. The first-order valence-electron chi connectivity index (χ1n) is 8.68. The number of benzene rings is 1. The van der Waals surface area contributed by atoms with Crippen LogP contribution < -0.4 is 10.2 Å². The lowest BCUT2D eigenvalue weighted by Crippen LogP contribution is -2.48. The van der Waals surface area contributed by atoms with Crippen molar-refractivity contribution in [1.29, 1.82) is 0 Å². The van der Waals surface area contributed by atoms with Gasteiger partial charge in [-0.15, -0.1) is 0 Å². The maximum absolute atomic E-state index is 12.3. The van der Waals surface area contributed by atoms with E-state index in [4.69, 9.17) is 11.6 Å². The molecule has 0 bridgehead atoms. The van der Waals surface area contributed by atoms with Crippen LogP contribution in [-0.4, -0.2) is 43.2 Å². The molecular weight excluding hydrogens is 310 g/mol. The van der Waals surface area contributed by atoms with Crippen LogP contribution in [0.5, 0.6) is 0 Å². The molecule has 23 heavy (non-hydrogen) atoms. The van der Waals surface area contributed by atoms with Crippen LogP contribution >= 0.6 is 11.6 Å². The second kappa shape index (κ2) is 7.43. The van der Waals surface area contributed by atoms with E-state index in [9.17, 15) is 4.79 Å². The Bertz CT molecular complexity index is 526. The predicted octanol–water partition coefficient (Wildman–Crippen LogP) is 3.75. The van der Waals surface area contributed by atoms with Gasteiger partial charge in [-0.3, -0.25) is 0 Å². The van der Waals surface area contributed by atoms with Crippen molar-refractivity contribution in [2.75, 3.05) is 31.1 Å². The number of carbonyl (C=O) groups is 1. The highest BCUT2D eigenvalue weighted by atomic mass is 35.5. The third-order valence-corrected chi connectivity index (χ3v) is 5.35. The zero-order chi connectivity index (χ0) is 16.2. The van der Waals surface area contributed by atoms with E-state index in [1.54, 1.807) is 0 Å². The maximum atomic E-state index is 12.3. The molecule has 1 unspecified atom stereocenters. The van der Waals surface area contributed by atoms with Crippen molar-refractivity contribution in [2.45, 2.75) is 38.6 Å². The Balaban J connectivity index is 1.52. The summed E-state index contributed by atoms with van der Waals surface area (Å²) in [7, 11) is 0. The van der Waals surface area contributed by atoms with Gasteiger partial charge in [0.15, 0.2) is 0 Å². The highest BCUT2D eigenvalue weighted by molar-refractivity contribution is 6.30. The number of halogens is 1. The molecule has 2 saturated heterocycles. The molecule has 0 aliphatic carbocycles. The molecule has 0 aromatic heterocycles. The number of amides is 2. The summed E-state index contributed by atoms with van der Waals surface area (Å²) < 4.78 is 0. The first-order chi connectivity index (χ1) is 11.1. The first-order valence-corrected chi connectivity index (χ1v) is 9.06. The molecule has 2 aliphatic heterocycles. The molecule has 1 N–H and O–H groups in total. The minimum atomic E-state index is 0.0971. The van der Waals surface area contributed by atoms with E-state index < -0.39 is 0 Å². The minimum absolute atomic E-state index is 0.0971. The SMILES string of the molecule is CC1CCN(C(=O)NCC2CCCN2c2ccc(Cl)cc2)CC1. The monoisotopic (exact) mass is 335 g/mol. The van der Waals surface area contributed by atoms with Crippen LogP contribution in [0.25, 0.3) is 0 Å². The van der Waals surface area contributed by atoms with Crippen molar-refractivity contribution in [3.63, 3.8) is 0 Å². The van der Waals surface area contributed by atoms with E-state index in [2.05, 4.69) is 29.3 Å². The summed E-state index contributed by atoms with van der Waals surface area (Å²) in [6.45, 7) is 5.80. The Morgan fingerprint density at radius 3 is 2.57 bits per heavy atom. The first kappa shape index (κ1) is 16.4. The van der Waals surface area contributed by atoms with Gasteiger partial charge in [-0.05, 0) is 55.9 Å². The standard InChI is InChI=1S/C18H26ClN3O/c1-14-8-11-21(12-9-14)18(23)20-13-17-3-2-10-22(17)16-6-4-15(19)5-7-16/h4-7,14,17H,2-3,8-13H2,1H3,(H,20,23). The second-order valence-electron chi connectivity index (χ2n) is 6.82. The number of hydrogen-bond donors (Lipinski definition) is 1.